The normalized spacial score (nSPS) is 19.6. The first-order valence-electron chi connectivity index (χ1n) is 8.62. The molecule has 1 saturated heterocycles. The molecule has 0 spiro atoms. The van der Waals surface area contributed by atoms with Gasteiger partial charge in [-0.3, -0.25) is 9.78 Å². The first-order valence-corrected chi connectivity index (χ1v) is 8.62. The fourth-order valence-corrected chi connectivity index (χ4v) is 2.94. The van der Waals surface area contributed by atoms with E-state index < -0.39 is 0 Å². The van der Waals surface area contributed by atoms with Crippen LogP contribution in [0, 0.1) is 5.92 Å². The summed E-state index contributed by atoms with van der Waals surface area (Å²) in [7, 11) is 1.79. The minimum absolute atomic E-state index is 0.0127. The van der Waals surface area contributed by atoms with Crippen LogP contribution in [0.5, 0.6) is 0 Å². The summed E-state index contributed by atoms with van der Waals surface area (Å²) in [5.41, 5.74) is 1.86. The lowest BCUT2D eigenvalue weighted by Crippen LogP contribution is -2.30. The van der Waals surface area contributed by atoms with Crippen molar-refractivity contribution in [2.75, 3.05) is 32.1 Å². The molecule has 3 heterocycles. The zero-order chi connectivity index (χ0) is 17.6. The van der Waals surface area contributed by atoms with E-state index in [1.165, 1.54) is 5.56 Å². The maximum absolute atomic E-state index is 12.1. The first-order chi connectivity index (χ1) is 12.2. The van der Waals surface area contributed by atoms with Gasteiger partial charge in [0.25, 0.3) is 5.91 Å². The van der Waals surface area contributed by atoms with E-state index in [2.05, 4.69) is 15.3 Å². The molecule has 0 radical (unpaired) electrons. The van der Waals surface area contributed by atoms with Gasteiger partial charge >= 0.3 is 0 Å². The Morgan fingerprint density at radius 3 is 2.76 bits per heavy atom. The highest BCUT2D eigenvalue weighted by molar-refractivity contribution is 5.93. The Morgan fingerprint density at radius 2 is 2.08 bits per heavy atom. The number of pyridine rings is 2. The van der Waals surface area contributed by atoms with Gasteiger partial charge in [-0.05, 0) is 43.2 Å². The van der Waals surface area contributed by atoms with Gasteiger partial charge in [-0.1, -0.05) is 0 Å². The molecule has 0 unspecified atom stereocenters. The standard InChI is InChI=1S/C19H24N4O2/c1-3-23(2)19(24)15-4-5-18(21-11-15)22-17-13-25-12-16(17)10-14-6-8-20-9-7-14/h4-9,11,16-17H,3,10,12-13H2,1-2H3,(H,21,22)/t16-,17-/m1/s1. The maximum atomic E-state index is 12.1. The van der Waals surface area contributed by atoms with Crippen molar-refractivity contribution in [3.63, 3.8) is 0 Å². The van der Waals surface area contributed by atoms with Gasteiger partial charge in [0.05, 0.1) is 24.8 Å². The van der Waals surface area contributed by atoms with Gasteiger partial charge in [0.2, 0.25) is 0 Å². The maximum Gasteiger partial charge on any atom is 0.255 e. The highest BCUT2D eigenvalue weighted by Gasteiger charge is 2.28. The molecule has 1 fully saturated rings. The van der Waals surface area contributed by atoms with Crippen LogP contribution < -0.4 is 5.32 Å². The van der Waals surface area contributed by atoms with Crippen molar-refractivity contribution in [2.45, 2.75) is 19.4 Å². The predicted molar refractivity (Wildman–Crippen MR) is 96.5 cm³/mol. The summed E-state index contributed by atoms with van der Waals surface area (Å²) in [5, 5.41) is 3.44. The molecule has 1 amide bonds. The predicted octanol–water partition coefficient (Wildman–Crippen LogP) is 2.24. The third-order valence-electron chi connectivity index (χ3n) is 4.61. The number of hydrogen-bond acceptors (Lipinski definition) is 5. The average Bonchev–Trinajstić information content (AvgIpc) is 3.08. The van der Waals surface area contributed by atoms with Crippen molar-refractivity contribution >= 4 is 11.7 Å². The number of rotatable bonds is 6. The second kappa shape index (κ2) is 8.07. The van der Waals surface area contributed by atoms with E-state index >= 15 is 0 Å². The minimum atomic E-state index is -0.0127. The Labute approximate surface area is 148 Å². The molecular weight excluding hydrogens is 316 g/mol. The van der Waals surface area contributed by atoms with Crippen LogP contribution in [0.4, 0.5) is 5.82 Å². The number of hydrogen-bond donors (Lipinski definition) is 1. The monoisotopic (exact) mass is 340 g/mol. The van der Waals surface area contributed by atoms with Gasteiger partial charge in [0.1, 0.15) is 5.82 Å². The molecule has 6 heteroatoms. The smallest absolute Gasteiger partial charge is 0.255 e. The van der Waals surface area contributed by atoms with Crippen molar-refractivity contribution in [2.24, 2.45) is 5.92 Å². The van der Waals surface area contributed by atoms with E-state index in [1.54, 1.807) is 18.1 Å². The summed E-state index contributed by atoms with van der Waals surface area (Å²) >= 11 is 0. The van der Waals surface area contributed by atoms with Crippen molar-refractivity contribution in [3.8, 4) is 0 Å². The minimum Gasteiger partial charge on any atom is -0.379 e. The molecule has 25 heavy (non-hydrogen) atoms. The molecule has 1 aliphatic rings. The molecule has 132 valence electrons. The highest BCUT2D eigenvalue weighted by Crippen LogP contribution is 2.22. The second-order valence-electron chi connectivity index (χ2n) is 6.36. The van der Waals surface area contributed by atoms with Crippen LogP contribution in [-0.2, 0) is 11.2 Å². The summed E-state index contributed by atoms with van der Waals surface area (Å²) in [5.74, 6) is 1.14. The molecule has 6 nitrogen and oxygen atoms in total. The van der Waals surface area contributed by atoms with Gasteiger partial charge in [0.15, 0.2) is 0 Å². The first kappa shape index (κ1) is 17.4. The van der Waals surface area contributed by atoms with E-state index in [0.29, 0.717) is 24.6 Å². The molecule has 1 aliphatic heterocycles. The largest absolute Gasteiger partial charge is 0.379 e. The number of carbonyl (C=O) groups is 1. The van der Waals surface area contributed by atoms with Crippen LogP contribution in [0.15, 0.2) is 42.9 Å². The van der Waals surface area contributed by atoms with E-state index in [9.17, 15) is 4.79 Å². The van der Waals surface area contributed by atoms with Gasteiger partial charge < -0.3 is 15.0 Å². The fraction of sp³-hybridized carbons (Fsp3) is 0.421. The lowest BCUT2D eigenvalue weighted by atomic mass is 9.95. The molecule has 3 rings (SSSR count). The van der Waals surface area contributed by atoms with Crippen LogP contribution in [-0.4, -0.2) is 53.6 Å². The van der Waals surface area contributed by atoms with Crippen molar-refractivity contribution in [1.29, 1.82) is 0 Å². The van der Waals surface area contributed by atoms with Crippen molar-refractivity contribution in [3.05, 3.63) is 54.0 Å². The Kier molecular flexibility index (Phi) is 5.60. The van der Waals surface area contributed by atoms with Crippen LogP contribution in [0.1, 0.15) is 22.8 Å². The van der Waals surface area contributed by atoms with Gasteiger partial charge in [-0.2, -0.15) is 0 Å². The van der Waals surface area contributed by atoms with Crippen LogP contribution in [0.2, 0.25) is 0 Å². The summed E-state index contributed by atoms with van der Waals surface area (Å²) in [6, 6.07) is 7.97. The molecule has 2 aromatic heterocycles. The lowest BCUT2D eigenvalue weighted by molar-refractivity contribution is 0.0802. The number of nitrogens with one attached hydrogen (secondary N) is 1. The van der Waals surface area contributed by atoms with Crippen molar-refractivity contribution in [1.82, 2.24) is 14.9 Å². The number of amides is 1. The topological polar surface area (TPSA) is 67.4 Å². The summed E-state index contributed by atoms with van der Waals surface area (Å²) in [4.78, 5) is 22.3. The number of aromatic nitrogens is 2. The molecule has 2 atom stereocenters. The summed E-state index contributed by atoms with van der Waals surface area (Å²) in [6.07, 6.45) is 6.21. The van der Waals surface area contributed by atoms with Gasteiger partial charge in [-0.15, -0.1) is 0 Å². The quantitative estimate of drug-likeness (QED) is 0.873. The summed E-state index contributed by atoms with van der Waals surface area (Å²) in [6.45, 7) is 4.02. The summed E-state index contributed by atoms with van der Waals surface area (Å²) < 4.78 is 5.66. The molecular formula is C19H24N4O2. The molecule has 0 aliphatic carbocycles. The number of ether oxygens (including phenoxy) is 1. The van der Waals surface area contributed by atoms with E-state index in [1.807, 2.05) is 43.6 Å². The van der Waals surface area contributed by atoms with Crippen molar-refractivity contribution < 1.29 is 9.53 Å². The molecule has 0 aromatic carbocycles. The van der Waals surface area contributed by atoms with Crippen LogP contribution >= 0.6 is 0 Å². The molecule has 1 N–H and O–H groups in total. The fourth-order valence-electron chi connectivity index (χ4n) is 2.94. The highest BCUT2D eigenvalue weighted by atomic mass is 16.5. The average molecular weight is 340 g/mol. The third kappa shape index (κ3) is 4.33. The van der Waals surface area contributed by atoms with E-state index in [0.717, 1.165) is 18.8 Å². The Balaban J connectivity index is 1.62. The van der Waals surface area contributed by atoms with E-state index in [4.69, 9.17) is 4.74 Å². The van der Waals surface area contributed by atoms with Gasteiger partial charge in [-0.25, -0.2) is 4.98 Å². The SMILES string of the molecule is CCN(C)C(=O)c1ccc(N[C@@H]2COC[C@H]2Cc2ccncc2)nc1. The molecule has 0 bridgehead atoms. The van der Waals surface area contributed by atoms with Crippen LogP contribution in [0.25, 0.3) is 0 Å². The molecule has 0 saturated carbocycles. The van der Waals surface area contributed by atoms with E-state index in [-0.39, 0.29) is 11.9 Å². The number of nitrogens with zero attached hydrogens (tertiary/aromatic N) is 3. The second-order valence-corrected chi connectivity index (χ2v) is 6.36. The molecule has 2 aromatic rings. The zero-order valence-electron chi connectivity index (χ0n) is 14.7. The Hall–Kier alpha value is -2.47. The third-order valence-corrected chi connectivity index (χ3v) is 4.61. The number of carbonyl (C=O) groups excluding carboxylic acids is 1. The lowest BCUT2D eigenvalue weighted by Gasteiger charge is -2.20. The Morgan fingerprint density at radius 1 is 1.28 bits per heavy atom. The van der Waals surface area contributed by atoms with Crippen LogP contribution in [0.3, 0.4) is 0 Å². The zero-order valence-corrected chi connectivity index (χ0v) is 14.7. The number of anilines is 1. The van der Waals surface area contributed by atoms with Gasteiger partial charge in [0, 0.05) is 38.1 Å². The Bertz CT molecular complexity index is 690.